The minimum atomic E-state index is -0.410. The highest BCUT2D eigenvalue weighted by atomic mass is 19.1. The number of unbranched alkanes of at least 4 members (excludes halogenated alkanes) is 1. The number of urea groups is 1. The summed E-state index contributed by atoms with van der Waals surface area (Å²) in [5.74, 6) is -0.110. The zero-order chi connectivity index (χ0) is 15.2. The number of nitrogens with zero attached hydrogens (tertiary/aromatic N) is 1. The average molecular weight is 296 g/mol. The quantitative estimate of drug-likeness (QED) is 0.760. The minimum Gasteiger partial charge on any atom is -0.494 e. The van der Waals surface area contributed by atoms with Crippen LogP contribution in [0.25, 0.3) is 0 Å². The number of hydrogen-bond donors (Lipinski definition) is 2. The second kappa shape index (κ2) is 7.26. The number of aliphatic hydroxyl groups is 1. The van der Waals surface area contributed by atoms with Gasteiger partial charge >= 0.3 is 6.03 Å². The Balaban J connectivity index is 2.01. The number of halogens is 1. The monoisotopic (exact) mass is 296 g/mol. The SMILES string of the molecule is COc1cc(F)ccc1NC(=O)N(CCCCO)C1CC1. The average Bonchev–Trinajstić information content (AvgIpc) is 3.30. The van der Waals surface area contributed by atoms with Crippen molar-refractivity contribution in [1.29, 1.82) is 0 Å². The van der Waals surface area contributed by atoms with E-state index in [0.717, 1.165) is 19.3 Å². The molecule has 0 radical (unpaired) electrons. The molecule has 116 valence electrons. The van der Waals surface area contributed by atoms with Gasteiger partial charge in [0.15, 0.2) is 0 Å². The Morgan fingerprint density at radius 2 is 2.24 bits per heavy atom. The summed E-state index contributed by atoms with van der Waals surface area (Å²) in [5, 5.41) is 11.6. The fourth-order valence-corrected chi connectivity index (χ4v) is 2.19. The van der Waals surface area contributed by atoms with Crippen molar-refractivity contribution in [2.45, 2.75) is 31.7 Å². The number of methoxy groups -OCH3 is 1. The molecule has 2 amide bonds. The highest BCUT2D eigenvalue weighted by molar-refractivity contribution is 5.91. The number of nitrogens with one attached hydrogen (secondary N) is 1. The molecule has 0 unspecified atom stereocenters. The van der Waals surface area contributed by atoms with Crippen LogP contribution >= 0.6 is 0 Å². The molecule has 5 nitrogen and oxygen atoms in total. The van der Waals surface area contributed by atoms with Gasteiger partial charge in [0.05, 0.1) is 12.8 Å². The summed E-state index contributed by atoms with van der Waals surface area (Å²) in [6.45, 7) is 0.743. The molecule has 0 aromatic heterocycles. The number of rotatable bonds is 7. The van der Waals surface area contributed by atoms with Gasteiger partial charge in [-0.05, 0) is 37.8 Å². The third kappa shape index (κ3) is 4.32. The summed E-state index contributed by atoms with van der Waals surface area (Å²) in [5.41, 5.74) is 0.455. The lowest BCUT2D eigenvalue weighted by Crippen LogP contribution is -2.37. The molecule has 0 saturated heterocycles. The van der Waals surface area contributed by atoms with Crippen molar-refractivity contribution < 1.29 is 19.0 Å². The lowest BCUT2D eigenvalue weighted by molar-refractivity contribution is 0.204. The van der Waals surface area contributed by atoms with Crippen LogP contribution in [0.3, 0.4) is 0 Å². The van der Waals surface area contributed by atoms with E-state index >= 15 is 0 Å². The Kier molecular flexibility index (Phi) is 5.38. The van der Waals surface area contributed by atoms with Crippen LogP contribution in [-0.4, -0.2) is 42.3 Å². The van der Waals surface area contributed by atoms with Crippen molar-refractivity contribution in [3.63, 3.8) is 0 Å². The Bertz CT molecular complexity index is 492. The lowest BCUT2D eigenvalue weighted by atomic mass is 10.2. The van der Waals surface area contributed by atoms with Crippen LogP contribution in [0.1, 0.15) is 25.7 Å². The fraction of sp³-hybridized carbons (Fsp3) is 0.533. The normalized spacial score (nSPS) is 13.9. The third-order valence-electron chi connectivity index (χ3n) is 3.46. The molecule has 0 spiro atoms. The second-order valence-corrected chi connectivity index (χ2v) is 5.13. The molecule has 0 bridgehead atoms. The molecular weight excluding hydrogens is 275 g/mol. The standard InChI is InChI=1S/C15H21FN2O3/c1-21-14-10-11(16)4-7-13(14)17-15(20)18(12-5-6-12)8-2-3-9-19/h4,7,10,12,19H,2-3,5-6,8-9H2,1H3,(H,17,20). The molecule has 1 aromatic rings. The van der Waals surface area contributed by atoms with Crippen LogP contribution < -0.4 is 10.1 Å². The van der Waals surface area contributed by atoms with Crippen molar-refractivity contribution in [2.75, 3.05) is 25.6 Å². The number of aliphatic hydroxyl groups excluding tert-OH is 1. The van der Waals surface area contributed by atoms with Crippen LogP contribution in [0.15, 0.2) is 18.2 Å². The van der Waals surface area contributed by atoms with Crippen LogP contribution in [0, 0.1) is 5.82 Å². The first-order valence-corrected chi connectivity index (χ1v) is 7.17. The first-order chi connectivity index (χ1) is 10.2. The number of amides is 2. The number of carbonyl (C=O) groups excluding carboxylic acids is 1. The van der Waals surface area contributed by atoms with Gasteiger partial charge in [-0.1, -0.05) is 0 Å². The van der Waals surface area contributed by atoms with E-state index in [1.54, 1.807) is 4.90 Å². The van der Waals surface area contributed by atoms with Gasteiger partial charge in [0.25, 0.3) is 0 Å². The topological polar surface area (TPSA) is 61.8 Å². The van der Waals surface area contributed by atoms with Gasteiger partial charge in [0, 0.05) is 25.3 Å². The maximum atomic E-state index is 13.1. The van der Waals surface area contributed by atoms with Gasteiger partial charge in [-0.3, -0.25) is 0 Å². The van der Waals surface area contributed by atoms with Crippen molar-refractivity contribution in [1.82, 2.24) is 4.90 Å². The number of anilines is 1. The molecule has 2 N–H and O–H groups in total. The second-order valence-electron chi connectivity index (χ2n) is 5.13. The zero-order valence-corrected chi connectivity index (χ0v) is 12.1. The Hall–Kier alpha value is -1.82. The van der Waals surface area contributed by atoms with Gasteiger partial charge < -0.3 is 20.1 Å². The van der Waals surface area contributed by atoms with Crippen molar-refractivity contribution in [3.05, 3.63) is 24.0 Å². The summed E-state index contributed by atoms with van der Waals surface area (Å²) < 4.78 is 18.2. The molecule has 1 fully saturated rings. The fourth-order valence-electron chi connectivity index (χ4n) is 2.19. The van der Waals surface area contributed by atoms with Crippen LogP contribution in [0.5, 0.6) is 5.75 Å². The molecule has 0 heterocycles. The Morgan fingerprint density at radius 1 is 1.48 bits per heavy atom. The van der Waals surface area contributed by atoms with E-state index in [9.17, 15) is 9.18 Å². The number of hydrogen-bond acceptors (Lipinski definition) is 3. The summed E-state index contributed by atoms with van der Waals surface area (Å²) in [6, 6.07) is 4.08. The predicted molar refractivity (Wildman–Crippen MR) is 78.0 cm³/mol. The first-order valence-electron chi connectivity index (χ1n) is 7.17. The van der Waals surface area contributed by atoms with Crippen LogP contribution in [-0.2, 0) is 0 Å². The molecule has 21 heavy (non-hydrogen) atoms. The largest absolute Gasteiger partial charge is 0.494 e. The van der Waals surface area contributed by atoms with Gasteiger partial charge in [-0.15, -0.1) is 0 Å². The highest BCUT2D eigenvalue weighted by Gasteiger charge is 2.32. The molecule has 1 aromatic carbocycles. The van der Waals surface area contributed by atoms with E-state index in [1.165, 1.54) is 25.3 Å². The summed E-state index contributed by atoms with van der Waals surface area (Å²) >= 11 is 0. The lowest BCUT2D eigenvalue weighted by Gasteiger charge is -2.23. The van der Waals surface area contributed by atoms with E-state index in [1.807, 2.05) is 0 Å². The molecule has 1 aliphatic carbocycles. The smallest absolute Gasteiger partial charge is 0.322 e. The van der Waals surface area contributed by atoms with Crippen LogP contribution in [0.4, 0.5) is 14.9 Å². The van der Waals surface area contributed by atoms with Crippen molar-refractivity contribution in [3.8, 4) is 5.75 Å². The van der Waals surface area contributed by atoms with Crippen molar-refractivity contribution in [2.24, 2.45) is 0 Å². The number of carbonyl (C=O) groups is 1. The van der Waals surface area contributed by atoms with E-state index in [2.05, 4.69) is 5.32 Å². The summed E-state index contributed by atoms with van der Waals surface area (Å²) in [7, 11) is 1.43. The molecule has 6 heteroatoms. The zero-order valence-electron chi connectivity index (χ0n) is 12.1. The number of ether oxygens (including phenoxy) is 1. The molecule has 1 saturated carbocycles. The molecular formula is C15H21FN2O3. The van der Waals surface area contributed by atoms with E-state index in [-0.39, 0.29) is 18.7 Å². The van der Waals surface area contributed by atoms with E-state index in [0.29, 0.717) is 24.4 Å². The third-order valence-corrected chi connectivity index (χ3v) is 3.46. The maximum absolute atomic E-state index is 13.1. The molecule has 2 rings (SSSR count). The molecule has 0 aliphatic heterocycles. The first kappa shape index (κ1) is 15.6. The van der Waals surface area contributed by atoms with Gasteiger partial charge in [-0.25, -0.2) is 9.18 Å². The van der Waals surface area contributed by atoms with E-state index < -0.39 is 5.82 Å². The van der Waals surface area contributed by atoms with Gasteiger partial charge in [0.2, 0.25) is 0 Å². The van der Waals surface area contributed by atoms with E-state index in [4.69, 9.17) is 9.84 Å². The minimum absolute atomic E-state index is 0.131. The highest BCUT2D eigenvalue weighted by Crippen LogP contribution is 2.30. The Morgan fingerprint density at radius 3 is 2.86 bits per heavy atom. The summed E-state index contributed by atoms with van der Waals surface area (Å²) in [4.78, 5) is 14.1. The summed E-state index contributed by atoms with van der Waals surface area (Å²) in [6.07, 6.45) is 3.46. The number of benzene rings is 1. The van der Waals surface area contributed by atoms with Crippen LogP contribution in [0.2, 0.25) is 0 Å². The predicted octanol–water partition coefficient (Wildman–Crippen LogP) is 2.60. The van der Waals surface area contributed by atoms with Gasteiger partial charge in [-0.2, -0.15) is 0 Å². The maximum Gasteiger partial charge on any atom is 0.322 e. The molecule has 1 aliphatic rings. The van der Waals surface area contributed by atoms with Crippen molar-refractivity contribution >= 4 is 11.7 Å². The molecule has 0 atom stereocenters. The van der Waals surface area contributed by atoms with Gasteiger partial charge in [0.1, 0.15) is 11.6 Å². The Labute approximate surface area is 123 Å².